The average Bonchev–Trinajstić information content (AvgIpc) is 2.37. The van der Waals surface area contributed by atoms with Crippen LogP contribution < -0.4 is 5.73 Å². The van der Waals surface area contributed by atoms with Gasteiger partial charge in [-0.25, -0.2) is 0 Å². The Balaban J connectivity index is 2.24. The number of anilines is 1. The molecule has 0 amide bonds. The number of nitrogens with two attached hydrogens (primary N) is 1. The third-order valence-corrected chi connectivity index (χ3v) is 3.56. The van der Waals surface area contributed by atoms with Gasteiger partial charge >= 0.3 is 0 Å². The van der Waals surface area contributed by atoms with Crippen molar-refractivity contribution in [1.82, 2.24) is 0 Å². The minimum absolute atomic E-state index is 0.128. The number of nitrogen functional groups attached to an aromatic ring is 1. The van der Waals surface area contributed by atoms with E-state index in [4.69, 9.17) is 17.3 Å². The molecule has 1 aromatic rings. The number of Topliss-reactive ketones (excluding diaryl/α,β-unsaturated/α-hetero) is 1. The molecule has 0 aliphatic rings. The zero-order chi connectivity index (χ0) is 14.1. The number of rotatable bonds is 9. The highest BCUT2D eigenvalue weighted by molar-refractivity contribution is 6.31. The lowest BCUT2D eigenvalue weighted by Gasteiger charge is -2.05. The van der Waals surface area contributed by atoms with Gasteiger partial charge in [-0.15, -0.1) is 0 Å². The van der Waals surface area contributed by atoms with Crippen molar-refractivity contribution in [3.63, 3.8) is 0 Å². The highest BCUT2D eigenvalue weighted by atomic mass is 35.5. The second-order valence-corrected chi connectivity index (χ2v) is 5.46. The molecule has 0 saturated carbocycles. The van der Waals surface area contributed by atoms with Gasteiger partial charge in [-0.1, -0.05) is 57.0 Å². The van der Waals surface area contributed by atoms with E-state index < -0.39 is 0 Å². The predicted octanol–water partition coefficient (Wildman–Crippen LogP) is 5.25. The average molecular weight is 282 g/mol. The minimum atomic E-state index is 0.128. The van der Waals surface area contributed by atoms with Crippen LogP contribution in [0, 0.1) is 0 Å². The predicted molar refractivity (Wildman–Crippen MR) is 82.8 cm³/mol. The maximum absolute atomic E-state index is 12.0. The number of carbonyl (C=O) groups excluding carboxylic acids is 1. The number of ketones is 1. The van der Waals surface area contributed by atoms with Crippen molar-refractivity contribution in [2.75, 3.05) is 5.73 Å². The molecule has 0 spiro atoms. The van der Waals surface area contributed by atoms with E-state index in [-0.39, 0.29) is 5.78 Å². The normalized spacial score (nSPS) is 10.6. The summed E-state index contributed by atoms with van der Waals surface area (Å²) in [6, 6.07) is 5.08. The monoisotopic (exact) mass is 281 g/mol. The topological polar surface area (TPSA) is 43.1 Å². The van der Waals surface area contributed by atoms with Crippen molar-refractivity contribution in [2.45, 2.75) is 58.3 Å². The van der Waals surface area contributed by atoms with Gasteiger partial charge in [-0.05, 0) is 24.6 Å². The van der Waals surface area contributed by atoms with Gasteiger partial charge < -0.3 is 5.73 Å². The number of unbranched alkanes of at least 4 members (excludes halogenated alkanes) is 6. The quantitative estimate of drug-likeness (QED) is 0.382. The molecule has 1 aromatic carbocycles. The zero-order valence-corrected chi connectivity index (χ0v) is 12.5. The van der Waals surface area contributed by atoms with Crippen molar-refractivity contribution < 1.29 is 4.79 Å². The van der Waals surface area contributed by atoms with Crippen LogP contribution in [-0.2, 0) is 0 Å². The molecule has 0 radical (unpaired) electrons. The Kier molecular flexibility index (Phi) is 7.57. The number of benzene rings is 1. The first-order valence-corrected chi connectivity index (χ1v) is 7.61. The lowest BCUT2D eigenvalue weighted by Crippen LogP contribution is -2.03. The van der Waals surface area contributed by atoms with Gasteiger partial charge in [0.05, 0.1) is 0 Å². The van der Waals surface area contributed by atoms with Gasteiger partial charge in [0.15, 0.2) is 5.78 Å². The maximum Gasteiger partial charge on any atom is 0.164 e. The van der Waals surface area contributed by atoms with Gasteiger partial charge in [0.1, 0.15) is 0 Å². The molecule has 2 nitrogen and oxygen atoms in total. The second-order valence-electron chi connectivity index (χ2n) is 5.03. The van der Waals surface area contributed by atoms with Crippen LogP contribution >= 0.6 is 11.6 Å². The number of halogens is 1. The van der Waals surface area contributed by atoms with E-state index >= 15 is 0 Å². The van der Waals surface area contributed by atoms with Crippen LogP contribution in [0.15, 0.2) is 18.2 Å². The number of hydrogen-bond acceptors (Lipinski definition) is 2. The number of hydrogen-bond donors (Lipinski definition) is 1. The second kappa shape index (κ2) is 8.98. The summed E-state index contributed by atoms with van der Waals surface area (Å²) in [6.07, 6.45) is 9.08. The van der Waals surface area contributed by atoms with Crippen LogP contribution in [0.2, 0.25) is 5.02 Å². The lowest BCUT2D eigenvalue weighted by atomic mass is 10.0. The van der Waals surface area contributed by atoms with Gasteiger partial charge in [-0.2, -0.15) is 0 Å². The third-order valence-electron chi connectivity index (χ3n) is 3.32. The molecule has 0 fully saturated rings. The molecule has 0 saturated heterocycles. The maximum atomic E-state index is 12.0. The van der Waals surface area contributed by atoms with Crippen molar-refractivity contribution in [3.05, 3.63) is 28.8 Å². The van der Waals surface area contributed by atoms with E-state index in [0.29, 0.717) is 22.7 Å². The van der Waals surface area contributed by atoms with E-state index in [2.05, 4.69) is 6.92 Å². The van der Waals surface area contributed by atoms with Crippen molar-refractivity contribution in [1.29, 1.82) is 0 Å². The molecule has 0 aromatic heterocycles. The standard InChI is InChI=1S/C16H24ClNO/c1-2-3-4-5-6-7-8-9-16(19)14-11-10-13(17)12-15(14)18/h10-12H,2-9,18H2,1H3. The molecule has 0 aliphatic heterocycles. The Morgan fingerprint density at radius 1 is 1.11 bits per heavy atom. The molecule has 0 bridgehead atoms. The molecule has 0 atom stereocenters. The van der Waals surface area contributed by atoms with Crippen LogP contribution in [0.3, 0.4) is 0 Å². The molecule has 2 N–H and O–H groups in total. The first kappa shape index (κ1) is 16.0. The Morgan fingerprint density at radius 2 is 1.74 bits per heavy atom. The Hall–Kier alpha value is -1.02. The highest BCUT2D eigenvalue weighted by Crippen LogP contribution is 2.20. The van der Waals surface area contributed by atoms with E-state index in [9.17, 15) is 4.79 Å². The SMILES string of the molecule is CCCCCCCCCC(=O)c1ccc(Cl)cc1N. The molecule has 0 aliphatic carbocycles. The van der Waals surface area contributed by atoms with Crippen molar-refractivity contribution in [2.24, 2.45) is 0 Å². The molecule has 0 unspecified atom stereocenters. The summed E-state index contributed by atoms with van der Waals surface area (Å²) in [4.78, 5) is 12.0. The van der Waals surface area contributed by atoms with Gasteiger partial charge in [0, 0.05) is 22.7 Å². The summed E-state index contributed by atoms with van der Waals surface area (Å²) < 4.78 is 0. The fourth-order valence-corrected chi connectivity index (χ4v) is 2.35. The van der Waals surface area contributed by atoms with E-state index in [1.54, 1.807) is 18.2 Å². The first-order valence-electron chi connectivity index (χ1n) is 7.23. The fourth-order valence-electron chi connectivity index (χ4n) is 2.16. The molecule has 3 heteroatoms. The summed E-state index contributed by atoms with van der Waals surface area (Å²) in [5.74, 6) is 0.128. The van der Waals surface area contributed by atoms with E-state index in [0.717, 1.165) is 12.8 Å². The number of carbonyl (C=O) groups is 1. The Morgan fingerprint density at radius 3 is 2.37 bits per heavy atom. The van der Waals surface area contributed by atoms with Crippen LogP contribution in [0.4, 0.5) is 5.69 Å². The van der Waals surface area contributed by atoms with E-state index in [1.165, 1.54) is 32.1 Å². The highest BCUT2D eigenvalue weighted by Gasteiger charge is 2.09. The Labute approximate surface area is 121 Å². The largest absolute Gasteiger partial charge is 0.398 e. The van der Waals surface area contributed by atoms with Crippen molar-refractivity contribution in [3.8, 4) is 0 Å². The van der Waals surface area contributed by atoms with Crippen LogP contribution in [0.25, 0.3) is 0 Å². The molecule has 106 valence electrons. The van der Waals surface area contributed by atoms with Crippen LogP contribution in [0.1, 0.15) is 68.6 Å². The fraction of sp³-hybridized carbons (Fsp3) is 0.562. The smallest absolute Gasteiger partial charge is 0.164 e. The third kappa shape index (κ3) is 6.11. The molecule has 19 heavy (non-hydrogen) atoms. The van der Waals surface area contributed by atoms with Crippen LogP contribution in [0.5, 0.6) is 0 Å². The summed E-state index contributed by atoms with van der Waals surface area (Å²) >= 11 is 5.82. The summed E-state index contributed by atoms with van der Waals surface area (Å²) in [7, 11) is 0. The summed E-state index contributed by atoms with van der Waals surface area (Å²) in [6.45, 7) is 2.22. The first-order chi connectivity index (χ1) is 9.15. The lowest BCUT2D eigenvalue weighted by molar-refractivity contribution is 0.0980. The molecular weight excluding hydrogens is 258 g/mol. The molecule has 1 rings (SSSR count). The summed E-state index contributed by atoms with van der Waals surface area (Å²) in [5, 5.41) is 0.574. The van der Waals surface area contributed by atoms with E-state index in [1.807, 2.05) is 0 Å². The Bertz CT molecular complexity index is 404. The van der Waals surface area contributed by atoms with Gasteiger partial charge in [-0.3, -0.25) is 4.79 Å². The minimum Gasteiger partial charge on any atom is -0.398 e. The zero-order valence-electron chi connectivity index (χ0n) is 11.8. The van der Waals surface area contributed by atoms with Crippen molar-refractivity contribution >= 4 is 23.1 Å². The molecular formula is C16H24ClNO. The summed E-state index contributed by atoms with van der Waals surface area (Å²) in [5.41, 5.74) is 6.90. The van der Waals surface area contributed by atoms with Gasteiger partial charge in [0.25, 0.3) is 0 Å². The van der Waals surface area contributed by atoms with Gasteiger partial charge in [0.2, 0.25) is 0 Å². The van der Waals surface area contributed by atoms with Crippen LogP contribution in [-0.4, -0.2) is 5.78 Å². The molecule has 0 heterocycles.